The number of carboxylic acid groups (broad SMARTS) is 1. The molecule has 3 aromatic rings. The Kier molecular flexibility index (Phi) is 6.30. The molecule has 0 spiro atoms. The van der Waals surface area contributed by atoms with E-state index in [-0.39, 0.29) is 18.2 Å². The fourth-order valence-electron chi connectivity index (χ4n) is 3.59. The molecule has 0 fully saturated rings. The molecule has 8 heteroatoms. The van der Waals surface area contributed by atoms with Crippen LogP contribution in [0, 0.1) is 16.4 Å². The van der Waals surface area contributed by atoms with Gasteiger partial charge in [0.15, 0.2) is 0 Å². The van der Waals surface area contributed by atoms with E-state index in [4.69, 9.17) is 9.84 Å². The highest BCUT2D eigenvalue weighted by Crippen LogP contribution is 2.31. The second-order valence-electron chi connectivity index (χ2n) is 7.57. The van der Waals surface area contributed by atoms with Crippen LogP contribution in [0.4, 0.5) is 4.79 Å². The molecule has 0 bridgehead atoms. The van der Waals surface area contributed by atoms with Crippen LogP contribution in [-0.4, -0.2) is 33.4 Å². The monoisotopic (exact) mass is 509 g/mol. The van der Waals surface area contributed by atoms with E-state index in [1.807, 2.05) is 39.0 Å². The summed E-state index contributed by atoms with van der Waals surface area (Å²) in [7, 11) is 1.74. The zero-order valence-electron chi connectivity index (χ0n) is 16.8. The van der Waals surface area contributed by atoms with Gasteiger partial charge in [-0.15, -0.1) is 0 Å². The van der Waals surface area contributed by atoms with Gasteiger partial charge in [0.1, 0.15) is 12.4 Å². The third-order valence-corrected chi connectivity index (χ3v) is 5.73. The Morgan fingerprint density at radius 2 is 2.07 bits per heavy atom. The number of hydrogen-bond donors (Lipinski definition) is 2. The van der Waals surface area contributed by atoms with Crippen molar-refractivity contribution in [3.05, 3.63) is 44.0 Å². The van der Waals surface area contributed by atoms with Crippen molar-refractivity contribution >= 4 is 50.4 Å². The number of pyridine rings is 2. The fraction of sp³-hybridized carbons (Fsp3) is 0.381. The zero-order chi connectivity index (χ0) is 21.3. The first-order chi connectivity index (χ1) is 13.7. The highest BCUT2D eigenvalue weighted by Gasteiger charge is 2.17. The number of aryl methyl sites for hydroxylation is 2. The number of aromatic nitrogens is 2. The Labute approximate surface area is 182 Å². The summed E-state index contributed by atoms with van der Waals surface area (Å²) in [6.07, 6.45) is 1.32. The van der Waals surface area contributed by atoms with Crippen molar-refractivity contribution in [2.24, 2.45) is 13.0 Å². The molecule has 0 radical (unpaired) electrons. The molecule has 0 saturated carbocycles. The summed E-state index contributed by atoms with van der Waals surface area (Å²) < 4.78 is 8.48. The lowest BCUT2D eigenvalue weighted by molar-refractivity contribution is 0.176. The van der Waals surface area contributed by atoms with Crippen molar-refractivity contribution < 1.29 is 14.6 Å². The normalized spacial score (nSPS) is 12.5. The summed E-state index contributed by atoms with van der Waals surface area (Å²) in [5.74, 6) is 0.953. The molecule has 2 heterocycles. The van der Waals surface area contributed by atoms with E-state index in [0.29, 0.717) is 29.2 Å². The van der Waals surface area contributed by atoms with E-state index in [0.717, 1.165) is 19.9 Å². The summed E-state index contributed by atoms with van der Waals surface area (Å²) >= 11 is 2.20. The molecule has 1 atom stereocenters. The Hall–Kier alpha value is -2.36. The number of nitrogens with zero attached hydrogens (tertiary/aromatic N) is 2. The van der Waals surface area contributed by atoms with Crippen LogP contribution >= 0.6 is 22.6 Å². The van der Waals surface area contributed by atoms with Gasteiger partial charge >= 0.3 is 6.09 Å². The maximum absolute atomic E-state index is 12.9. The second kappa shape index (κ2) is 8.56. The van der Waals surface area contributed by atoms with Gasteiger partial charge in [-0.1, -0.05) is 13.8 Å². The van der Waals surface area contributed by atoms with Crippen LogP contribution in [0.15, 0.2) is 29.2 Å². The SMILES string of the molecule is Cc1nccc2c1c(=O)n(C)c1cc(OCC(CC(C)C)NC(=O)O)c(I)cc21. The number of nitrogens with one attached hydrogen (secondary N) is 1. The van der Waals surface area contributed by atoms with Crippen molar-refractivity contribution in [1.82, 2.24) is 14.9 Å². The van der Waals surface area contributed by atoms with Gasteiger partial charge in [0.25, 0.3) is 5.56 Å². The van der Waals surface area contributed by atoms with Crippen molar-refractivity contribution in [1.29, 1.82) is 0 Å². The van der Waals surface area contributed by atoms with E-state index in [1.165, 1.54) is 0 Å². The van der Waals surface area contributed by atoms with Crippen LogP contribution in [0.25, 0.3) is 21.7 Å². The van der Waals surface area contributed by atoms with Crippen LogP contribution < -0.4 is 15.6 Å². The first-order valence-corrected chi connectivity index (χ1v) is 10.5. The Bertz CT molecular complexity index is 1140. The lowest BCUT2D eigenvalue weighted by Crippen LogP contribution is -2.39. The quantitative estimate of drug-likeness (QED) is 0.386. The number of rotatable bonds is 6. The highest BCUT2D eigenvalue weighted by atomic mass is 127. The zero-order valence-corrected chi connectivity index (χ0v) is 19.0. The maximum atomic E-state index is 12.9. The minimum atomic E-state index is -1.06. The number of hydrogen-bond acceptors (Lipinski definition) is 4. The average molecular weight is 509 g/mol. The van der Waals surface area contributed by atoms with Gasteiger partial charge in [-0.25, -0.2) is 4.79 Å². The van der Waals surface area contributed by atoms with Crippen LogP contribution in [-0.2, 0) is 7.05 Å². The minimum absolute atomic E-state index is 0.101. The second-order valence-corrected chi connectivity index (χ2v) is 8.73. The molecular weight excluding hydrogens is 485 g/mol. The van der Waals surface area contributed by atoms with E-state index in [1.54, 1.807) is 17.8 Å². The summed E-state index contributed by atoms with van der Waals surface area (Å²) in [5, 5.41) is 14.0. The van der Waals surface area contributed by atoms with Crippen molar-refractivity contribution in [2.45, 2.75) is 33.2 Å². The van der Waals surface area contributed by atoms with E-state index in [2.05, 4.69) is 32.9 Å². The molecule has 1 aromatic carbocycles. The largest absolute Gasteiger partial charge is 0.490 e. The van der Waals surface area contributed by atoms with Crippen LogP contribution in [0.3, 0.4) is 0 Å². The molecular formula is C21H24IN3O4. The maximum Gasteiger partial charge on any atom is 0.404 e. The summed E-state index contributed by atoms with van der Waals surface area (Å²) in [5.41, 5.74) is 1.36. The molecule has 154 valence electrons. The molecule has 1 amide bonds. The van der Waals surface area contributed by atoms with Gasteiger partial charge in [-0.05, 0) is 59.4 Å². The van der Waals surface area contributed by atoms with Crippen molar-refractivity contribution in [3.8, 4) is 5.75 Å². The van der Waals surface area contributed by atoms with E-state index >= 15 is 0 Å². The van der Waals surface area contributed by atoms with Crippen molar-refractivity contribution in [3.63, 3.8) is 0 Å². The number of amides is 1. The van der Waals surface area contributed by atoms with Gasteiger partial charge in [0, 0.05) is 24.7 Å². The predicted molar refractivity (Wildman–Crippen MR) is 122 cm³/mol. The number of benzene rings is 1. The first-order valence-electron chi connectivity index (χ1n) is 9.38. The van der Waals surface area contributed by atoms with Gasteiger partial charge in [-0.3, -0.25) is 9.78 Å². The Morgan fingerprint density at radius 3 is 2.72 bits per heavy atom. The number of carbonyl (C=O) groups is 1. The fourth-order valence-corrected chi connectivity index (χ4v) is 4.21. The lowest BCUT2D eigenvalue weighted by atomic mass is 10.0. The number of fused-ring (bicyclic) bond motifs is 3. The van der Waals surface area contributed by atoms with Gasteiger partial charge in [0.2, 0.25) is 0 Å². The Balaban J connectivity index is 2.03. The van der Waals surface area contributed by atoms with Gasteiger partial charge in [-0.2, -0.15) is 0 Å². The first kappa shape index (κ1) is 21.4. The smallest absolute Gasteiger partial charge is 0.404 e. The third-order valence-electron chi connectivity index (χ3n) is 4.88. The molecule has 29 heavy (non-hydrogen) atoms. The molecule has 2 N–H and O–H groups in total. The molecule has 7 nitrogen and oxygen atoms in total. The predicted octanol–water partition coefficient (Wildman–Crippen LogP) is 4.06. The van der Waals surface area contributed by atoms with E-state index < -0.39 is 6.09 Å². The summed E-state index contributed by atoms with van der Waals surface area (Å²) in [4.78, 5) is 28.2. The van der Waals surface area contributed by atoms with Crippen LogP contribution in [0.5, 0.6) is 5.75 Å². The highest BCUT2D eigenvalue weighted by molar-refractivity contribution is 14.1. The van der Waals surface area contributed by atoms with E-state index in [9.17, 15) is 9.59 Å². The molecule has 3 rings (SSSR count). The summed E-state index contributed by atoms with van der Waals surface area (Å²) in [6, 6.07) is 5.39. The molecule has 0 saturated heterocycles. The summed E-state index contributed by atoms with van der Waals surface area (Å²) in [6.45, 7) is 6.13. The van der Waals surface area contributed by atoms with Gasteiger partial charge in [0.05, 0.1) is 26.2 Å². The minimum Gasteiger partial charge on any atom is -0.490 e. The molecule has 2 aromatic heterocycles. The topological polar surface area (TPSA) is 93.5 Å². The Morgan fingerprint density at radius 1 is 1.34 bits per heavy atom. The third kappa shape index (κ3) is 4.47. The van der Waals surface area contributed by atoms with Crippen molar-refractivity contribution in [2.75, 3.05) is 6.61 Å². The molecule has 0 aliphatic heterocycles. The molecule has 0 aliphatic carbocycles. The van der Waals surface area contributed by atoms with Gasteiger partial charge < -0.3 is 19.7 Å². The number of ether oxygens (including phenoxy) is 1. The number of halogens is 1. The van der Waals surface area contributed by atoms with Crippen LogP contribution in [0.1, 0.15) is 26.0 Å². The lowest BCUT2D eigenvalue weighted by Gasteiger charge is -2.20. The standard InChI is InChI=1S/C21H24IN3O4/c1-11(2)7-13(24-21(27)28)10-29-18-9-17-15(8-16(18)22)14-5-6-23-12(3)19(14)20(26)25(17)4/h5-6,8-9,11,13,24H,7,10H2,1-4H3,(H,27,28). The van der Waals surface area contributed by atoms with Crippen LogP contribution in [0.2, 0.25) is 0 Å². The molecule has 1 unspecified atom stereocenters. The average Bonchev–Trinajstić information content (AvgIpc) is 2.63. The molecule has 0 aliphatic rings.